The Morgan fingerprint density at radius 1 is 1.04 bits per heavy atom. The molecule has 2 N–H and O–H groups in total. The van der Waals surface area contributed by atoms with E-state index in [4.69, 9.17) is 0 Å². The summed E-state index contributed by atoms with van der Waals surface area (Å²) in [6.45, 7) is 0. The number of hydrogen-bond acceptors (Lipinski definition) is 5. The average molecular weight is 353 g/mol. The number of phenolic OH excluding ortho intramolecular Hbond substituents is 1. The van der Waals surface area contributed by atoms with Crippen LogP contribution in [0, 0.1) is 0 Å². The molecule has 1 atom stereocenters. The number of fused-ring (bicyclic) bond motifs is 1. The van der Waals surface area contributed by atoms with E-state index in [1.807, 2.05) is 0 Å². The van der Waals surface area contributed by atoms with Crippen molar-refractivity contribution in [1.29, 1.82) is 0 Å². The second-order valence-electron chi connectivity index (χ2n) is 6.79. The minimum Gasteiger partial charge on any atom is -0.508 e. The Labute approximate surface area is 149 Å². The van der Waals surface area contributed by atoms with E-state index in [9.17, 15) is 19.5 Å². The molecule has 1 aliphatic heterocycles. The number of rotatable bonds is 1. The summed E-state index contributed by atoms with van der Waals surface area (Å²) in [5.74, 6) is 0.00334. The highest BCUT2D eigenvalue weighted by molar-refractivity contribution is 6.00. The van der Waals surface area contributed by atoms with E-state index < -0.39 is 17.2 Å². The number of nitrogens with one attached hydrogen (secondary N) is 1. The fourth-order valence-electron chi connectivity index (χ4n) is 3.90. The van der Waals surface area contributed by atoms with Gasteiger partial charge in [0, 0.05) is 37.7 Å². The molecule has 0 saturated carbocycles. The van der Waals surface area contributed by atoms with Gasteiger partial charge in [-0.05, 0) is 30.5 Å². The highest BCUT2D eigenvalue weighted by Crippen LogP contribution is 2.43. The topological polar surface area (TPSA) is 93.3 Å². The number of ketones is 1. The summed E-state index contributed by atoms with van der Waals surface area (Å²) >= 11 is 0. The number of carbonyl (C=O) groups excluding carboxylic acids is 1. The fraction of sp³-hybridized carbons (Fsp3) is 0.316. The molecule has 0 fully saturated rings. The molecule has 26 heavy (non-hydrogen) atoms. The number of phenols is 1. The maximum Gasteiger partial charge on any atom is 0.332 e. The summed E-state index contributed by atoms with van der Waals surface area (Å²) in [6, 6.07) is 6.51. The fourth-order valence-corrected chi connectivity index (χ4v) is 3.90. The minimum atomic E-state index is -0.555. The summed E-state index contributed by atoms with van der Waals surface area (Å²) in [5.41, 5.74) is 1.65. The zero-order chi connectivity index (χ0) is 18.6. The summed E-state index contributed by atoms with van der Waals surface area (Å²) < 4.78 is 2.47. The second-order valence-corrected chi connectivity index (χ2v) is 6.79. The van der Waals surface area contributed by atoms with Gasteiger partial charge in [-0.1, -0.05) is 12.1 Å². The number of Topliss-reactive ketones (excluding diaryl/α,β-unsaturated/α-hetero) is 1. The monoisotopic (exact) mass is 353 g/mol. The smallest absolute Gasteiger partial charge is 0.332 e. The molecule has 4 rings (SSSR count). The SMILES string of the molecule is Cn1c2c(c(=O)n(C)c1=O)[C@@H](c1ccc(O)cc1)C1=C(CCCC1=O)N2. The highest BCUT2D eigenvalue weighted by atomic mass is 16.3. The predicted molar refractivity (Wildman–Crippen MR) is 96.4 cm³/mol. The van der Waals surface area contributed by atoms with Crippen molar-refractivity contribution in [3.63, 3.8) is 0 Å². The van der Waals surface area contributed by atoms with Crippen LogP contribution in [0.3, 0.4) is 0 Å². The first-order chi connectivity index (χ1) is 12.4. The number of hydrogen-bond donors (Lipinski definition) is 2. The van der Waals surface area contributed by atoms with E-state index in [1.54, 1.807) is 19.2 Å². The number of allylic oxidation sites excluding steroid dienone is 2. The third-order valence-electron chi connectivity index (χ3n) is 5.23. The van der Waals surface area contributed by atoms with Crippen molar-refractivity contribution in [2.75, 3.05) is 5.32 Å². The van der Waals surface area contributed by atoms with Crippen molar-refractivity contribution in [1.82, 2.24) is 9.13 Å². The average Bonchev–Trinajstić information content (AvgIpc) is 2.64. The van der Waals surface area contributed by atoms with Crippen molar-refractivity contribution in [2.24, 2.45) is 14.1 Å². The van der Waals surface area contributed by atoms with Gasteiger partial charge in [0.15, 0.2) is 5.78 Å². The molecule has 0 radical (unpaired) electrons. The molecule has 0 bridgehead atoms. The summed E-state index contributed by atoms with van der Waals surface area (Å²) in [4.78, 5) is 38.0. The number of aromatic hydroxyl groups is 1. The van der Waals surface area contributed by atoms with Gasteiger partial charge in [0.1, 0.15) is 11.6 Å². The van der Waals surface area contributed by atoms with Crippen LogP contribution in [-0.2, 0) is 18.9 Å². The van der Waals surface area contributed by atoms with Crippen molar-refractivity contribution < 1.29 is 9.90 Å². The lowest BCUT2D eigenvalue weighted by atomic mass is 9.76. The lowest BCUT2D eigenvalue weighted by molar-refractivity contribution is -0.116. The molecule has 0 amide bonds. The molecule has 0 saturated heterocycles. The first-order valence-corrected chi connectivity index (χ1v) is 8.52. The van der Waals surface area contributed by atoms with Crippen LogP contribution in [-0.4, -0.2) is 20.0 Å². The number of nitrogens with zero attached hydrogens (tertiary/aromatic N) is 2. The Morgan fingerprint density at radius 2 is 1.73 bits per heavy atom. The first-order valence-electron chi connectivity index (χ1n) is 8.52. The van der Waals surface area contributed by atoms with Gasteiger partial charge in [-0.25, -0.2) is 4.79 Å². The summed E-state index contributed by atoms with van der Waals surface area (Å²) in [5, 5.41) is 12.8. The third-order valence-corrected chi connectivity index (χ3v) is 5.23. The number of benzene rings is 1. The first kappa shape index (κ1) is 16.4. The second kappa shape index (κ2) is 5.72. The molecule has 7 heteroatoms. The van der Waals surface area contributed by atoms with E-state index in [1.165, 1.54) is 23.7 Å². The van der Waals surface area contributed by atoms with Crippen LogP contribution in [0.15, 0.2) is 45.1 Å². The number of anilines is 1. The van der Waals surface area contributed by atoms with Crippen molar-refractivity contribution in [3.05, 3.63) is 67.5 Å². The Morgan fingerprint density at radius 3 is 2.42 bits per heavy atom. The van der Waals surface area contributed by atoms with Gasteiger partial charge >= 0.3 is 5.69 Å². The van der Waals surface area contributed by atoms with Crippen LogP contribution in [0.5, 0.6) is 5.75 Å². The molecular weight excluding hydrogens is 334 g/mol. The number of aromatic nitrogens is 2. The summed E-state index contributed by atoms with van der Waals surface area (Å²) in [6.07, 6.45) is 1.87. The van der Waals surface area contributed by atoms with Crippen molar-refractivity contribution in [2.45, 2.75) is 25.2 Å². The number of carbonyl (C=O) groups is 1. The lowest BCUT2D eigenvalue weighted by Gasteiger charge is -2.34. The largest absolute Gasteiger partial charge is 0.508 e. The Bertz CT molecular complexity index is 1070. The minimum absolute atomic E-state index is 0.0124. The Kier molecular flexibility index (Phi) is 3.61. The highest BCUT2D eigenvalue weighted by Gasteiger charge is 2.38. The maximum atomic E-state index is 12.9. The van der Waals surface area contributed by atoms with Crippen LogP contribution >= 0.6 is 0 Å². The zero-order valence-corrected chi connectivity index (χ0v) is 14.6. The third kappa shape index (κ3) is 2.23. The lowest BCUT2D eigenvalue weighted by Crippen LogP contribution is -2.44. The quantitative estimate of drug-likeness (QED) is 0.807. The zero-order valence-electron chi connectivity index (χ0n) is 14.6. The molecule has 2 aliphatic rings. The van der Waals surface area contributed by atoms with Gasteiger partial charge in [0.2, 0.25) is 0 Å². The molecular formula is C19H19N3O4. The van der Waals surface area contributed by atoms with Gasteiger partial charge in [0.25, 0.3) is 5.56 Å². The Hall–Kier alpha value is -3.09. The maximum absolute atomic E-state index is 12.9. The van der Waals surface area contributed by atoms with E-state index in [0.29, 0.717) is 29.8 Å². The van der Waals surface area contributed by atoms with Crippen LogP contribution < -0.4 is 16.6 Å². The normalized spacial score (nSPS) is 19.0. The molecule has 1 aromatic heterocycles. The van der Waals surface area contributed by atoms with Gasteiger partial charge in [-0.3, -0.25) is 18.7 Å². The van der Waals surface area contributed by atoms with E-state index in [-0.39, 0.29) is 11.5 Å². The van der Waals surface area contributed by atoms with Crippen LogP contribution in [0.2, 0.25) is 0 Å². The van der Waals surface area contributed by atoms with Crippen LogP contribution in [0.4, 0.5) is 5.82 Å². The van der Waals surface area contributed by atoms with Crippen molar-refractivity contribution >= 4 is 11.6 Å². The van der Waals surface area contributed by atoms with Crippen LogP contribution in [0.25, 0.3) is 0 Å². The van der Waals surface area contributed by atoms with Gasteiger partial charge < -0.3 is 10.4 Å². The Balaban J connectivity index is 2.08. The van der Waals surface area contributed by atoms with E-state index in [0.717, 1.165) is 22.2 Å². The molecule has 2 aromatic rings. The van der Waals surface area contributed by atoms with Gasteiger partial charge in [0.05, 0.1) is 5.56 Å². The molecule has 7 nitrogen and oxygen atoms in total. The molecule has 1 aliphatic carbocycles. The van der Waals surface area contributed by atoms with E-state index >= 15 is 0 Å². The molecule has 134 valence electrons. The van der Waals surface area contributed by atoms with Crippen molar-refractivity contribution in [3.8, 4) is 5.75 Å². The predicted octanol–water partition coefficient (Wildman–Crippen LogP) is 1.35. The molecule has 2 heterocycles. The molecule has 0 unspecified atom stereocenters. The molecule has 0 spiro atoms. The summed E-state index contributed by atoms with van der Waals surface area (Å²) in [7, 11) is 3.04. The van der Waals surface area contributed by atoms with Gasteiger partial charge in [-0.2, -0.15) is 0 Å². The standard InChI is InChI=1S/C19H19N3O4/c1-21-17-16(18(25)22(2)19(21)26)14(10-6-8-11(23)9-7-10)15-12(20-17)4-3-5-13(15)24/h6-9,14,20,23H,3-5H2,1-2H3/t14-/m0/s1. The van der Waals surface area contributed by atoms with E-state index in [2.05, 4.69) is 5.32 Å². The van der Waals surface area contributed by atoms with Gasteiger partial charge in [-0.15, -0.1) is 0 Å². The molecule has 1 aromatic carbocycles. The van der Waals surface area contributed by atoms with Crippen LogP contribution in [0.1, 0.15) is 36.3 Å².